The van der Waals surface area contributed by atoms with Crippen LogP contribution >= 0.6 is 0 Å². The minimum Gasteiger partial charge on any atom is -0.494 e. The smallest absolute Gasteiger partial charge is 0.332 e. The summed E-state index contributed by atoms with van der Waals surface area (Å²) in [7, 11) is 0. The molecule has 0 radical (unpaired) electrons. The van der Waals surface area contributed by atoms with Gasteiger partial charge in [0.2, 0.25) is 0 Å². The summed E-state index contributed by atoms with van der Waals surface area (Å²) in [5.41, 5.74) is 1.70. The first-order valence-corrected chi connectivity index (χ1v) is 6.99. The Morgan fingerprint density at radius 1 is 1.45 bits per heavy atom. The van der Waals surface area contributed by atoms with Crippen LogP contribution in [0.25, 0.3) is 0 Å². The topological polar surface area (TPSA) is 49.8 Å². The third kappa shape index (κ3) is 4.38. The molecule has 1 aliphatic heterocycles. The summed E-state index contributed by atoms with van der Waals surface area (Å²) in [6.07, 6.45) is 3.54. The second-order valence-electron chi connectivity index (χ2n) is 5.12. The van der Waals surface area contributed by atoms with Gasteiger partial charge in [-0.2, -0.15) is 0 Å². The van der Waals surface area contributed by atoms with E-state index in [0.29, 0.717) is 18.7 Å². The minimum atomic E-state index is -0.800. The van der Waals surface area contributed by atoms with Crippen LogP contribution in [0, 0.1) is 6.92 Å². The van der Waals surface area contributed by atoms with E-state index in [-0.39, 0.29) is 0 Å². The number of hydrogen-bond donors (Lipinski definition) is 1. The number of benzene rings is 1. The van der Waals surface area contributed by atoms with Crippen molar-refractivity contribution < 1.29 is 14.6 Å². The number of aryl methyl sites for hydroxylation is 1. The van der Waals surface area contributed by atoms with Crippen LogP contribution in [0.3, 0.4) is 0 Å². The van der Waals surface area contributed by atoms with E-state index in [9.17, 15) is 4.79 Å². The zero-order chi connectivity index (χ0) is 14.4. The van der Waals surface area contributed by atoms with Crippen LogP contribution in [-0.2, 0) is 4.79 Å². The summed E-state index contributed by atoms with van der Waals surface area (Å²) in [5, 5.41) is 8.98. The van der Waals surface area contributed by atoms with E-state index in [2.05, 4.69) is 4.90 Å². The predicted molar refractivity (Wildman–Crippen MR) is 78.1 cm³/mol. The molecule has 0 amide bonds. The van der Waals surface area contributed by atoms with Crippen molar-refractivity contribution in [2.45, 2.75) is 19.8 Å². The molecule has 1 aromatic rings. The number of carboxylic acids is 1. The first-order valence-electron chi connectivity index (χ1n) is 6.99. The number of ether oxygens (including phenoxy) is 1. The fourth-order valence-corrected chi connectivity index (χ4v) is 2.33. The molecular formula is C16H21NO3. The fourth-order valence-electron chi connectivity index (χ4n) is 2.33. The van der Waals surface area contributed by atoms with Crippen LogP contribution in [0.4, 0.5) is 0 Å². The zero-order valence-corrected chi connectivity index (χ0v) is 11.8. The Kier molecular flexibility index (Phi) is 5.18. The summed E-state index contributed by atoms with van der Waals surface area (Å²) in [4.78, 5) is 13.1. The highest BCUT2D eigenvalue weighted by Crippen LogP contribution is 2.13. The third-order valence-electron chi connectivity index (χ3n) is 3.38. The molecule has 1 heterocycles. The Bertz CT molecular complexity index is 496. The van der Waals surface area contributed by atoms with Crippen LogP contribution in [0.5, 0.6) is 5.75 Å². The summed E-state index contributed by atoms with van der Waals surface area (Å²) < 4.78 is 5.69. The van der Waals surface area contributed by atoms with E-state index in [1.165, 1.54) is 5.56 Å². The maximum absolute atomic E-state index is 10.9. The normalized spacial score (nSPS) is 15.8. The van der Waals surface area contributed by atoms with Crippen molar-refractivity contribution in [1.29, 1.82) is 0 Å². The van der Waals surface area contributed by atoms with Gasteiger partial charge in [0.1, 0.15) is 5.75 Å². The first-order chi connectivity index (χ1) is 9.65. The molecule has 1 aliphatic rings. The van der Waals surface area contributed by atoms with Gasteiger partial charge in [-0.25, -0.2) is 4.79 Å². The number of hydrogen-bond acceptors (Lipinski definition) is 3. The highest BCUT2D eigenvalue weighted by atomic mass is 16.5. The molecule has 0 aromatic heterocycles. The van der Waals surface area contributed by atoms with Crippen molar-refractivity contribution in [2.75, 3.05) is 26.2 Å². The van der Waals surface area contributed by atoms with Crippen molar-refractivity contribution in [3.63, 3.8) is 0 Å². The van der Waals surface area contributed by atoms with Crippen molar-refractivity contribution >= 4 is 5.97 Å². The number of nitrogens with zero attached hydrogens (tertiary/aromatic N) is 1. The van der Waals surface area contributed by atoms with Crippen molar-refractivity contribution in [3.8, 4) is 5.75 Å². The van der Waals surface area contributed by atoms with Gasteiger partial charge in [0, 0.05) is 25.2 Å². The van der Waals surface area contributed by atoms with E-state index < -0.39 is 5.97 Å². The maximum atomic E-state index is 10.9. The molecule has 4 heteroatoms. The Balaban J connectivity index is 1.69. The summed E-state index contributed by atoms with van der Waals surface area (Å²) in [6.45, 7) is 5.05. The van der Waals surface area contributed by atoms with E-state index in [1.54, 1.807) is 0 Å². The molecular weight excluding hydrogens is 254 g/mol. The molecule has 108 valence electrons. The molecule has 0 saturated heterocycles. The monoisotopic (exact) mass is 275 g/mol. The van der Waals surface area contributed by atoms with Gasteiger partial charge in [-0.05, 0) is 37.5 Å². The van der Waals surface area contributed by atoms with Gasteiger partial charge in [-0.15, -0.1) is 0 Å². The summed E-state index contributed by atoms with van der Waals surface area (Å²) in [5.74, 6) is 0.0977. The van der Waals surface area contributed by atoms with Crippen LogP contribution in [0.15, 0.2) is 35.9 Å². The summed E-state index contributed by atoms with van der Waals surface area (Å²) >= 11 is 0. The lowest BCUT2D eigenvalue weighted by molar-refractivity contribution is -0.133. The maximum Gasteiger partial charge on any atom is 0.332 e. The molecule has 0 atom stereocenters. The second kappa shape index (κ2) is 7.10. The lowest BCUT2D eigenvalue weighted by atomic mass is 10.1. The highest BCUT2D eigenvalue weighted by Gasteiger charge is 2.16. The Hall–Kier alpha value is -1.81. The average molecular weight is 275 g/mol. The first kappa shape index (κ1) is 14.6. The van der Waals surface area contributed by atoms with E-state index in [1.807, 2.05) is 37.3 Å². The van der Waals surface area contributed by atoms with Gasteiger partial charge in [0.25, 0.3) is 0 Å². The van der Waals surface area contributed by atoms with E-state index >= 15 is 0 Å². The number of aliphatic carboxylic acids is 1. The van der Waals surface area contributed by atoms with Crippen molar-refractivity contribution in [1.82, 2.24) is 4.90 Å². The van der Waals surface area contributed by atoms with Gasteiger partial charge in [0.15, 0.2) is 0 Å². The van der Waals surface area contributed by atoms with Crippen LogP contribution < -0.4 is 4.74 Å². The number of carboxylic acid groups (broad SMARTS) is 1. The lowest BCUT2D eigenvalue weighted by Crippen LogP contribution is -2.33. The molecule has 1 N–H and O–H groups in total. The van der Waals surface area contributed by atoms with Gasteiger partial charge in [0.05, 0.1) is 6.61 Å². The minimum absolute atomic E-state index is 0.510. The summed E-state index contributed by atoms with van der Waals surface area (Å²) in [6, 6.07) is 8.00. The molecule has 0 aliphatic carbocycles. The SMILES string of the molecule is Cc1cccc(OCCCN2CCC=C(C(=O)O)C2)c1. The number of carbonyl (C=O) groups is 1. The molecule has 4 nitrogen and oxygen atoms in total. The Morgan fingerprint density at radius 3 is 3.05 bits per heavy atom. The van der Waals surface area contributed by atoms with E-state index in [4.69, 9.17) is 9.84 Å². The molecule has 1 aromatic carbocycles. The molecule has 2 rings (SSSR count). The Morgan fingerprint density at radius 2 is 2.30 bits per heavy atom. The van der Waals surface area contributed by atoms with Gasteiger partial charge in [-0.1, -0.05) is 18.2 Å². The molecule has 0 fully saturated rings. The molecule has 0 saturated carbocycles. The molecule has 20 heavy (non-hydrogen) atoms. The zero-order valence-electron chi connectivity index (χ0n) is 11.8. The Labute approximate surface area is 119 Å². The molecule has 0 spiro atoms. The van der Waals surface area contributed by atoms with E-state index in [0.717, 1.165) is 31.7 Å². The van der Waals surface area contributed by atoms with Crippen LogP contribution in [-0.4, -0.2) is 42.2 Å². The molecule has 0 bridgehead atoms. The highest BCUT2D eigenvalue weighted by molar-refractivity contribution is 5.87. The average Bonchev–Trinajstić information content (AvgIpc) is 2.44. The predicted octanol–water partition coefficient (Wildman–Crippen LogP) is 2.48. The van der Waals surface area contributed by atoms with Crippen molar-refractivity contribution in [3.05, 3.63) is 41.5 Å². The fraction of sp³-hybridized carbons (Fsp3) is 0.438. The van der Waals surface area contributed by atoms with Crippen LogP contribution in [0.1, 0.15) is 18.4 Å². The van der Waals surface area contributed by atoms with Crippen molar-refractivity contribution in [2.24, 2.45) is 0 Å². The van der Waals surface area contributed by atoms with Gasteiger partial charge >= 0.3 is 5.97 Å². The van der Waals surface area contributed by atoms with Crippen LogP contribution in [0.2, 0.25) is 0 Å². The molecule has 0 unspecified atom stereocenters. The second-order valence-corrected chi connectivity index (χ2v) is 5.12. The van der Waals surface area contributed by atoms with Gasteiger partial charge < -0.3 is 9.84 Å². The lowest BCUT2D eigenvalue weighted by Gasteiger charge is -2.25. The quantitative estimate of drug-likeness (QED) is 0.810. The third-order valence-corrected chi connectivity index (χ3v) is 3.38. The largest absolute Gasteiger partial charge is 0.494 e. The standard InChI is InChI=1S/C16H21NO3/c1-13-5-2-7-15(11-13)20-10-4-9-17-8-3-6-14(12-17)16(18)19/h2,5-7,11H,3-4,8-10,12H2,1H3,(H,18,19). The van der Waals surface area contributed by atoms with Gasteiger partial charge in [-0.3, -0.25) is 4.90 Å². The number of rotatable bonds is 6.